The van der Waals surface area contributed by atoms with Gasteiger partial charge in [-0.15, -0.1) is 11.6 Å². The van der Waals surface area contributed by atoms with Gasteiger partial charge in [-0.25, -0.2) is 8.42 Å². The van der Waals surface area contributed by atoms with E-state index in [2.05, 4.69) is 0 Å². The van der Waals surface area contributed by atoms with Crippen molar-refractivity contribution in [1.29, 1.82) is 0 Å². The minimum absolute atomic E-state index is 0.0155. The van der Waals surface area contributed by atoms with Crippen molar-refractivity contribution in [1.82, 2.24) is 4.31 Å². The van der Waals surface area contributed by atoms with Gasteiger partial charge in [0.15, 0.2) is 0 Å². The summed E-state index contributed by atoms with van der Waals surface area (Å²) in [4.78, 5) is 0.357. The molecule has 1 aliphatic rings. The molecule has 0 spiro atoms. The van der Waals surface area contributed by atoms with E-state index in [-0.39, 0.29) is 6.04 Å². The molecule has 0 radical (unpaired) electrons. The smallest absolute Gasteiger partial charge is 0.207 e. The first-order chi connectivity index (χ1) is 8.95. The van der Waals surface area contributed by atoms with Gasteiger partial charge in [0.2, 0.25) is 10.0 Å². The Balaban J connectivity index is 2.26. The summed E-state index contributed by atoms with van der Waals surface area (Å²) in [6, 6.07) is 6.83. The van der Waals surface area contributed by atoms with Gasteiger partial charge in [-0.3, -0.25) is 0 Å². The average Bonchev–Trinajstić information content (AvgIpc) is 3.19. The lowest BCUT2D eigenvalue weighted by atomic mass is 10.2. The van der Waals surface area contributed by atoms with Gasteiger partial charge in [-0.2, -0.15) is 4.31 Å². The van der Waals surface area contributed by atoms with Crippen LogP contribution in [-0.2, 0) is 15.9 Å². The third-order valence-corrected chi connectivity index (χ3v) is 5.76. The SMILES string of the molecule is CC(C)N(CC1CC1)S(=O)(=O)c1ccc(CCl)cc1. The van der Waals surface area contributed by atoms with Crippen LogP contribution in [0, 0.1) is 5.92 Å². The molecule has 19 heavy (non-hydrogen) atoms. The van der Waals surface area contributed by atoms with Crippen molar-refractivity contribution < 1.29 is 8.42 Å². The highest BCUT2D eigenvalue weighted by Gasteiger charge is 2.33. The lowest BCUT2D eigenvalue weighted by molar-refractivity contribution is 0.342. The highest BCUT2D eigenvalue weighted by molar-refractivity contribution is 7.89. The maximum absolute atomic E-state index is 12.6. The predicted molar refractivity (Wildman–Crippen MR) is 77.8 cm³/mol. The second-order valence-corrected chi connectivity index (χ2v) is 7.55. The Morgan fingerprint density at radius 1 is 1.26 bits per heavy atom. The molecule has 3 nitrogen and oxygen atoms in total. The Morgan fingerprint density at radius 2 is 1.84 bits per heavy atom. The predicted octanol–water partition coefficient (Wildman–Crippen LogP) is 3.23. The molecule has 0 atom stereocenters. The zero-order valence-corrected chi connectivity index (χ0v) is 12.9. The van der Waals surface area contributed by atoms with Crippen molar-refractivity contribution in [2.24, 2.45) is 5.92 Å². The van der Waals surface area contributed by atoms with E-state index in [0.29, 0.717) is 23.2 Å². The van der Waals surface area contributed by atoms with Crippen molar-refractivity contribution in [2.75, 3.05) is 6.54 Å². The normalized spacial score (nSPS) is 16.3. The second-order valence-electron chi connectivity index (χ2n) is 5.39. The number of benzene rings is 1. The lowest BCUT2D eigenvalue weighted by Crippen LogP contribution is -2.38. The molecule has 5 heteroatoms. The molecular weight excluding hydrogens is 282 g/mol. The number of nitrogens with zero attached hydrogens (tertiary/aromatic N) is 1. The molecule has 0 amide bonds. The van der Waals surface area contributed by atoms with E-state index >= 15 is 0 Å². The van der Waals surface area contributed by atoms with Gasteiger partial charge in [0.1, 0.15) is 0 Å². The average molecular weight is 302 g/mol. The summed E-state index contributed by atoms with van der Waals surface area (Å²) in [5.74, 6) is 0.940. The summed E-state index contributed by atoms with van der Waals surface area (Å²) in [7, 11) is -3.39. The maximum atomic E-state index is 12.6. The summed E-state index contributed by atoms with van der Waals surface area (Å²) >= 11 is 5.72. The van der Waals surface area contributed by atoms with Crippen LogP contribution >= 0.6 is 11.6 Å². The number of alkyl halides is 1. The minimum Gasteiger partial charge on any atom is -0.207 e. The van der Waals surface area contributed by atoms with Gasteiger partial charge < -0.3 is 0 Å². The zero-order chi connectivity index (χ0) is 14.0. The van der Waals surface area contributed by atoms with E-state index < -0.39 is 10.0 Å². The van der Waals surface area contributed by atoms with Crippen LogP contribution in [0.1, 0.15) is 32.3 Å². The molecule has 1 aromatic rings. The Kier molecular flexibility index (Phi) is 4.54. The fraction of sp³-hybridized carbons (Fsp3) is 0.571. The molecule has 0 aromatic heterocycles. The first kappa shape index (κ1) is 14.8. The number of hydrogen-bond donors (Lipinski definition) is 0. The molecule has 106 valence electrons. The number of hydrogen-bond acceptors (Lipinski definition) is 2. The molecular formula is C14H20ClNO2S. The molecule has 0 saturated heterocycles. The topological polar surface area (TPSA) is 37.4 Å². The summed E-state index contributed by atoms with van der Waals surface area (Å²) in [6.07, 6.45) is 2.29. The van der Waals surface area contributed by atoms with E-state index in [1.807, 2.05) is 13.8 Å². The Labute approximate surface area is 120 Å². The fourth-order valence-electron chi connectivity index (χ4n) is 2.03. The van der Waals surface area contributed by atoms with Crippen LogP contribution in [0.15, 0.2) is 29.2 Å². The van der Waals surface area contributed by atoms with Gasteiger partial charge in [-0.1, -0.05) is 12.1 Å². The third-order valence-electron chi connectivity index (χ3n) is 3.40. The van der Waals surface area contributed by atoms with Gasteiger partial charge in [0, 0.05) is 18.5 Å². The highest BCUT2D eigenvalue weighted by atomic mass is 35.5. The van der Waals surface area contributed by atoms with Crippen LogP contribution in [0.2, 0.25) is 0 Å². The fourth-order valence-corrected chi connectivity index (χ4v) is 3.92. The molecule has 1 aliphatic carbocycles. The van der Waals surface area contributed by atoms with Crippen molar-refractivity contribution in [3.05, 3.63) is 29.8 Å². The van der Waals surface area contributed by atoms with Crippen LogP contribution in [0.4, 0.5) is 0 Å². The quantitative estimate of drug-likeness (QED) is 0.757. The van der Waals surface area contributed by atoms with Crippen molar-refractivity contribution in [3.8, 4) is 0 Å². The molecule has 1 saturated carbocycles. The number of sulfonamides is 1. The first-order valence-electron chi connectivity index (χ1n) is 6.62. The molecule has 0 unspecified atom stereocenters. The number of halogens is 1. The largest absolute Gasteiger partial charge is 0.243 e. The summed E-state index contributed by atoms with van der Waals surface area (Å²) in [6.45, 7) is 4.48. The van der Waals surface area contributed by atoms with Crippen molar-refractivity contribution >= 4 is 21.6 Å². The van der Waals surface area contributed by atoms with Gasteiger partial charge in [-0.05, 0) is 50.3 Å². The Bertz CT molecular complexity index is 521. The highest BCUT2D eigenvalue weighted by Crippen LogP contribution is 2.32. The Hall–Kier alpha value is -0.580. The summed E-state index contributed by atoms with van der Waals surface area (Å²) < 4.78 is 26.9. The van der Waals surface area contributed by atoms with Gasteiger partial charge in [0.25, 0.3) is 0 Å². The van der Waals surface area contributed by atoms with Crippen molar-refractivity contribution in [2.45, 2.75) is 43.5 Å². The monoisotopic (exact) mass is 301 g/mol. The molecule has 0 N–H and O–H groups in total. The van der Waals surface area contributed by atoms with Crippen LogP contribution in [-0.4, -0.2) is 25.3 Å². The summed E-state index contributed by atoms with van der Waals surface area (Å²) in [5, 5.41) is 0. The number of rotatable bonds is 6. The van der Waals surface area contributed by atoms with E-state index in [0.717, 1.165) is 18.4 Å². The van der Waals surface area contributed by atoms with E-state index in [1.165, 1.54) is 0 Å². The molecule has 0 aliphatic heterocycles. The third kappa shape index (κ3) is 3.50. The molecule has 1 fully saturated rings. The van der Waals surface area contributed by atoms with E-state index in [1.54, 1.807) is 28.6 Å². The van der Waals surface area contributed by atoms with Gasteiger partial charge >= 0.3 is 0 Å². The maximum Gasteiger partial charge on any atom is 0.243 e. The van der Waals surface area contributed by atoms with Gasteiger partial charge in [0.05, 0.1) is 4.90 Å². The van der Waals surface area contributed by atoms with E-state index in [4.69, 9.17) is 11.6 Å². The molecule has 0 heterocycles. The first-order valence-corrected chi connectivity index (χ1v) is 8.59. The molecule has 0 bridgehead atoms. The summed E-state index contributed by atoms with van der Waals surface area (Å²) in [5.41, 5.74) is 0.930. The van der Waals surface area contributed by atoms with Crippen LogP contribution in [0.5, 0.6) is 0 Å². The standard InChI is InChI=1S/C14H20ClNO2S/c1-11(2)16(10-13-3-4-13)19(17,18)14-7-5-12(9-15)6-8-14/h5-8,11,13H,3-4,9-10H2,1-2H3. The van der Waals surface area contributed by atoms with E-state index in [9.17, 15) is 8.42 Å². The minimum atomic E-state index is -3.39. The lowest BCUT2D eigenvalue weighted by Gasteiger charge is -2.26. The van der Waals surface area contributed by atoms with Crippen LogP contribution in [0.25, 0.3) is 0 Å². The van der Waals surface area contributed by atoms with Crippen LogP contribution < -0.4 is 0 Å². The molecule has 2 rings (SSSR count). The Morgan fingerprint density at radius 3 is 2.26 bits per heavy atom. The molecule has 1 aromatic carbocycles. The van der Waals surface area contributed by atoms with Crippen LogP contribution in [0.3, 0.4) is 0 Å². The zero-order valence-electron chi connectivity index (χ0n) is 11.3. The van der Waals surface area contributed by atoms with Crippen molar-refractivity contribution in [3.63, 3.8) is 0 Å². The second kappa shape index (κ2) is 5.81.